The Morgan fingerprint density at radius 1 is 1.38 bits per heavy atom. The normalized spacial score (nSPS) is 27.0. The molecule has 2 aliphatic rings. The number of thiocarbonyl (C=S) groups is 1. The summed E-state index contributed by atoms with van der Waals surface area (Å²) < 4.78 is 5.07. The van der Waals surface area contributed by atoms with Crippen LogP contribution in [0.3, 0.4) is 0 Å². The van der Waals surface area contributed by atoms with Crippen LogP contribution in [0.4, 0.5) is 0 Å². The van der Waals surface area contributed by atoms with Gasteiger partial charge in [0.1, 0.15) is 0 Å². The fourth-order valence-corrected chi connectivity index (χ4v) is 5.07. The smallest absolute Gasteiger partial charge is 0.166 e. The van der Waals surface area contributed by atoms with E-state index in [0.29, 0.717) is 18.1 Å². The molecule has 0 saturated carbocycles. The third-order valence-corrected chi connectivity index (χ3v) is 6.31. The molecule has 3 atom stereocenters. The topological polar surface area (TPSA) is 36.5 Å². The van der Waals surface area contributed by atoms with Crippen LogP contribution in [0.25, 0.3) is 0 Å². The Kier molecular flexibility index (Phi) is 6.89. The molecule has 2 saturated heterocycles. The highest BCUT2D eigenvalue weighted by atomic mass is 32.1. The molecule has 1 aromatic rings. The molecule has 0 spiro atoms. The first-order valence-corrected chi connectivity index (χ1v) is 10.4. The van der Waals surface area contributed by atoms with Gasteiger partial charge in [0.2, 0.25) is 0 Å². The Balaban J connectivity index is 1.48. The molecule has 0 amide bonds. The van der Waals surface area contributed by atoms with E-state index in [1.165, 1.54) is 37.0 Å². The number of hydrogen-bond acceptors (Lipinski definition) is 4. The zero-order valence-electron chi connectivity index (χ0n) is 14.5. The van der Waals surface area contributed by atoms with Crippen LogP contribution < -0.4 is 10.6 Å². The highest BCUT2D eigenvalue weighted by molar-refractivity contribution is 7.80. The average molecular weight is 368 g/mol. The lowest BCUT2D eigenvalue weighted by molar-refractivity contribution is 0.0218. The molecule has 2 fully saturated rings. The van der Waals surface area contributed by atoms with Gasteiger partial charge in [0.05, 0.1) is 0 Å². The van der Waals surface area contributed by atoms with E-state index < -0.39 is 0 Å². The Labute approximate surface area is 155 Å². The highest BCUT2D eigenvalue weighted by Gasteiger charge is 2.38. The molecule has 2 N–H and O–H groups in total. The maximum Gasteiger partial charge on any atom is 0.166 e. The van der Waals surface area contributed by atoms with Crippen LogP contribution in [0, 0.1) is 0 Å². The lowest BCUT2D eigenvalue weighted by Gasteiger charge is -2.49. The first-order valence-electron chi connectivity index (χ1n) is 9.07. The summed E-state index contributed by atoms with van der Waals surface area (Å²) in [6.07, 6.45) is 7.44. The van der Waals surface area contributed by atoms with Crippen molar-refractivity contribution in [3.63, 3.8) is 0 Å². The summed E-state index contributed by atoms with van der Waals surface area (Å²) in [5, 5.41) is 9.86. The summed E-state index contributed by atoms with van der Waals surface area (Å²) in [5.74, 6) is 0. The molecule has 1 aromatic heterocycles. The second-order valence-corrected chi connectivity index (χ2v) is 8.35. The van der Waals surface area contributed by atoms with Crippen LogP contribution >= 0.6 is 23.6 Å². The third-order valence-electron chi connectivity index (χ3n) is 5.19. The van der Waals surface area contributed by atoms with Gasteiger partial charge in [-0.15, -0.1) is 11.3 Å². The SMILES string of the molecule is COCCCNC(=S)NC1C[C@H]2CCC[C@@H](C1)N2Cc1cccs1. The molecule has 0 radical (unpaired) electrons. The molecule has 3 heterocycles. The van der Waals surface area contributed by atoms with Gasteiger partial charge in [-0.2, -0.15) is 0 Å². The molecule has 6 heteroatoms. The lowest BCUT2D eigenvalue weighted by Crippen LogP contribution is -2.57. The van der Waals surface area contributed by atoms with Gasteiger partial charge in [-0.05, 0) is 55.8 Å². The summed E-state index contributed by atoms with van der Waals surface area (Å²) >= 11 is 7.35. The van der Waals surface area contributed by atoms with Crippen LogP contribution in [0.15, 0.2) is 17.5 Å². The molecule has 3 rings (SSSR count). The molecule has 0 aliphatic carbocycles. The van der Waals surface area contributed by atoms with Gasteiger partial charge in [-0.3, -0.25) is 4.90 Å². The van der Waals surface area contributed by atoms with Gasteiger partial charge in [0, 0.05) is 49.8 Å². The number of fused-ring (bicyclic) bond motifs is 2. The van der Waals surface area contributed by atoms with Crippen LogP contribution in [0.1, 0.15) is 43.4 Å². The molecule has 0 aromatic carbocycles. The summed E-state index contributed by atoms with van der Waals surface area (Å²) in [4.78, 5) is 4.25. The van der Waals surface area contributed by atoms with Crippen molar-refractivity contribution in [2.45, 2.75) is 63.2 Å². The van der Waals surface area contributed by atoms with Crippen LogP contribution in [0.2, 0.25) is 0 Å². The zero-order chi connectivity index (χ0) is 16.8. The van der Waals surface area contributed by atoms with Crippen molar-refractivity contribution >= 4 is 28.7 Å². The molecular formula is C18H29N3OS2. The third kappa shape index (κ3) is 4.91. The molecule has 24 heavy (non-hydrogen) atoms. The zero-order valence-corrected chi connectivity index (χ0v) is 16.1. The fraction of sp³-hybridized carbons (Fsp3) is 0.722. The first kappa shape index (κ1) is 18.1. The Bertz CT molecular complexity index is 494. The number of nitrogens with one attached hydrogen (secondary N) is 2. The second kappa shape index (κ2) is 9.13. The largest absolute Gasteiger partial charge is 0.385 e. The predicted octanol–water partition coefficient (Wildman–Crippen LogP) is 3.13. The van der Waals surface area contributed by atoms with Gasteiger partial charge in [-0.25, -0.2) is 0 Å². The van der Waals surface area contributed by atoms with Gasteiger partial charge in [0.25, 0.3) is 0 Å². The summed E-state index contributed by atoms with van der Waals surface area (Å²) in [6, 6.07) is 6.35. The summed E-state index contributed by atoms with van der Waals surface area (Å²) in [7, 11) is 1.74. The number of nitrogens with zero attached hydrogens (tertiary/aromatic N) is 1. The summed E-state index contributed by atoms with van der Waals surface area (Å²) in [6.45, 7) is 2.78. The first-order chi connectivity index (χ1) is 11.8. The molecular weight excluding hydrogens is 338 g/mol. The number of thiophene rings is 1. The quantitative estimate of drug-likeness (QED) is 0.572. The Morgan fingerprint density at radius 2 is 2.17 bits per heavy atom. The number of methoxy groups -OCH3 is 1. The van der Waals surface area contributed by atoms with Gasteiger partial charge >= 0.3 is 0 Å². The molecule has 134 valence electrons. The van der Waals surface area contributed by atoms with Crippen molar-refractivity contribution in [1.29, 1.82) is 0 Å². The van der Waals surface area contributed by atoms with E-state index in [0.717, 1.165) is 31.2 Å². The number of piperidine rings is 2. The van der Waals surface area contributed by atoms with Crippen molar-refractivity contribution in [1.82, 2.24) is 15.5 Å². The predicted molar refractivity (Wildman–Crippen MR) is 105 cm³/mol. The number of ether oxygens (including phenoxy) is 1. The van der Waals surface area contributed by atoms with Crippen molar-refractivity contribution in [3.05, 3.63) is 22.4 Å². The maximum absolute atomic E-state index is 5.46. The van der Waals surface area contributed by atoms with Crippen molar-refractivity contribution < 1.29 is 4.74 Å². The van der Waals surface area contributed by atoms with Crippen LogP contribution in [-0.2, 0) is 11.3 Å². The maximum atomic E-state index is 5.46. The summed E-state index contributed by atoms with van der Waals surface area (Å²) in [5.41, 5.74) is 0. The second-order valence-electron chi connectivity index (χ2n) is 6.91. The molecule has 2 bridgehead atoms. The van der Waals surface area contributed by atoms with Gasteiger partial charge in [0.15, 0.2) is 5.11 Å². The van der Waals surface area contributed by atoms with Crippen LogP contribution in [0.5, 0.6) is 0 Å². The van der Waals surface area contributed by atoms with Crippen molar-refractivity contribution in [2.24, 2.45) is 0 Å². The minimum Gasteiger partial charge on any atom is -0.385 e. The Hall–Kier alpha value is -0.690. The van der Waals surface area contributed by atoms with Crippen molar-refractivity contribution in [3.8, 4) is 0 Å². The van der Waals surface area contributed by atoms with E-state index >= 15 is 0 Å². The minimum absolute atomic E-state index is 0.516. The lowest BCUT2D eigenvalue weighted by atomic mass is 9.81. The van der Waals surface area contributed by atoms with E-state index in [1.807, 2.05) is 11.3 Å². The van der Waals surface area contributed by atoms with Crippen LogP contribution in [-0.4, -0.2) is 48.4 Å². The fourth-order valence-electron chi connectivity index (χ4n) is 4.09. The van der Waals surface area contributed by atoms with E-state index in [1.54, 1.807) is 7.11 Å². The monoisotopic (exact) mass is 367 g/mol. The molecule has 2 aliphatic heterocycles. The van der Waals surface area contributed by atoms with E-state index in [9.17, 15) is 0 Å². The van der Waals surface area contributed by atoms with Gasteiger partial charge in [-0.1, -0.05) is 12.5 Å². The highest BCUT2D eigenvalue weighted by Crippen LogP contribution is 2.35. The van der Waals surface area contributed by atoms with Gasteiger partial charge < -0.3 is 15.4 Å². The minimum atomic E-state index is 0.516. The molecule has 1 unspecified atom stereocenters. The Morgan fingerprint density at radius 3 is 2.83 bits per heavy atom. The molecule has 4 nitrogen and oxygen atoms in total. The standard InChI is InChI=1S/C18H29N3OS2/c1-22-9-4-8-19-18(23)20-14-11-15-5-2-6-16(12-14)21(15)13-17-7-3-10-24-17/h3,7,10,14-16H,2,4-6,8-9,11-13H2,1H3,(H2,19,20,23)/t14?,15-,16+. The van der Waals surface area contributed by atoms with E-state index in [2.05, 4.69) is 33.0 Å². The number of hydrogen-bond donors (Lipinski definition) is 2. The van der Waals surface area contributed by atoms with E-state index in [-0.39, 0.29) is 0 Å². The van der Waals surface area contributed by atoms with Crippen molar-refractivity contribution in [2.75, 3.05) is 20.3 Å². The number of rotatable bonds is 7. The average Bonchev–Trinajstić information content (AvgIpc) is 3.05. The van der Waals surface area contributed by atoms with E-state index in [4.69, 9.17) is 17.0 Å².